The summed E-state index contributed by atoms with van der Waals surface area (Å²) in [5.74, 6) is 0.733. The quantitative estimate of drug-likeness (QED) is 0.323. The van der Waals surface area contributed by atoms with Crippen molar-refractivity contribution in [2.75, 3.05) is 13.2 Å². The highest BCUT2D eigenvalue weighted by atomic mass is 35.5. The van der Waals surface area contributed by atoms with Crippen LogP contribution in [-0.4, -0.2) is 72.9 Å². The Hall–Kier alpha value is -3.83. The molecule has 2 fully saturated rings. The fourth-order valence-corrected chi connectivity index (χ4v) is 5.09. The molecule has 5 aromatic rings. The minimum absolute atomic E-state index is 0.239. The van der Waals surface area contributed by atoms with E-state index >= 15 is 0 Å². The number of rotatable bonds is 5. The number of pyridine rings is 1. The largest absolute Gasteiger partial charge is 0.456 e. The second kappa shape index (κ2) is 8.93. The molecule has 0 radical (unpaired) electrons. The predicted molar refractivity (Wildman–Crippen MR) is 135 cm³/mol. The molecule has 5 heterocycles. The first-order valence-electron chi connectivity index (χ1n) is 11.8. The summed E-state index contributed by atoms with van der Waals surface area (Å²) >= 11 is 6.60. The highest BCUT2D eigenvalue weighted by molar-refractivity contribution is 6.33. The second-order valence-corrected chi connectivity index (χ2v) is 9.45. The van der Waals surface area contributed by atoms with Crippen LogP contribution in [0.4, 0.5) is 0 Å². The summed E-state index contributed by atoms with van der Waals surface area (Å²) in [4.78, 5) is 16.5. The molecule has 7 rings (SSSR count). The maximum Gasteiger partial charge on any atom is 0.296 e. The summed E-state index contributed by atoms with van der Waals surface area (Å²) in [6.45, 7) is 0.556. The van der Waals surface area contributed by atoms with Gasteiger partial charge in [-0.1, -0.05) is 60.1 Å². The molecule has 2 unspecified atom stereocenters. The van der Waals surface area contributed by atoms with Gasteiger partial charge >= 0.3 is 0 Å². The number of hydrogen-bond donors (Lipinski definition) is 3. The van der Waals surface area contributed by atoms with Gasteiger partial charge in [-0.15, -0.1) is 0 Å². The highest BCUT2D eigenvalue weighted by Crippen LogP contribution is 2.33. The molecule has 2 saturated heterocycles. The van der Waals surface area contributed by atoms with Gasteiger partial charge in [0, 0.05) is 11.1 Å². The molecule has 10 nitrogen and oxygen atoms in total. The van der Waals surface area contributed by atoms with E-state index < -0.39 is 6.10 Å². The van der Waals surface area contributed by atoms with Crippen LogP contribution in [0.2, 0.25) is 5.02 Å². The third kappa shape index (κ3) is 4.04. The minimum Gasteiger partial charge on any atom is -0.456 e. The SMILES string of the molecule is O[C@@H]1COC2C1OC[C@H]2Oc1nc2nc(-c3ccc(-c4ccc(-c5ncn[nH]5)cc4)cc3)c(Cl)cc2[nH]1. The van der Waals surface area contributed by atoms with Crippen LogP contribution >= 0.6 is 11.6 Å². The van der Waals surface area contributed by atoms with Gasteiger partial charge in [0.15, 0.2) is 17.6 Å². The van der Waals surface area contributed by atoms with E-state index in [0.29, 0.717) is 34.5 Å². The topological polar surface area (TPSA) is 131 Å². The number of aliphatic hydroxyl groups excluding tert-OH is 1. The Balaban J connectivity index is 1.11. The number of hydrogen-bond acceptors (Lipinski definition) is 8. The Morgan fingerprint density at radius 1 is 0.892 bits per heavy atom. The molecule has 2 aromatic carbocycles. The van der Waals surface area contributed by atoms with Gasteiger partial charge in [-0.3, -0.25) is 5.10 Å². The fraction of sp³-hybridized carbons (Fsp3) is 0.231. The van der Waals surface area contributed by atoms with Crippen LogP contribution in [0.1, 0.15) is 0 Å². The van der Waals surface area contributed by atoms with E-state index in [2.05, 4.69) is 30.1 Å². The summed E-state index contributed by atoms with van der Waals surface area (Å²) in [6, 6.07) is 18.2. The van der Waals surface area contributed by atoms with E-state index in [1.807, 2.05) is 48.5 Å². The molecule has 3 N–H and O–H groups in total. The fourth-order valence-electron chi connectivity index (χ4n) is 4.83. The lowest BCUT2D eigenvalue weighted by atomic mass is 10.0. The number of benzene rings is 2. The lowest BCUT2D eigenvalue weighted by molar-refractivity contribution is 0.00706. The van der Waals surface area contributed by atoms with Crippen LogP contribution in [0.25, 0.3) is 44.9 Å². The molecule has 37 heavy (non-hydrogen) atoms. The molecule has 186 valence electrons. The van der Waals surface area contributed by atoms with Crippen molar-refractivity contribution in [1.29, 1.82) is 0 Å². The predicted octanol–water partition coefficient (Wildman–Crippen LogP) is 3.64. The van der Waals surface area contributed by atoms with Crippen LogP contribution in [0.15, 0.2) is 60.9 Å². The summed E-state index contributed by atoms with van der Waals surface area (Å²) < 4.78 is 17.2. The molecule has 3 aromatic heterocycles. The second-order valence-electron chi connectivity index (χ2n) is 9.04. The lowest BCUT2D eigenvalue weighted by Gasteiger charge is -2.15. The van der Waals surface area contributed by atoms with E-state index in [9.17, 15) is 5.11 Å². The van der Waals surface area contributed by atoms with Gasteiger partial charge in [0.05, 0.1) is 29.4 Å². The van der Waals surface area contributed by atoms with Gasteiger partial charge in [0.25, 0.3) is 6.01 Å². The van der Waals surface area contributed by atoms with E-state index in [4.69, 9.17) is 25.8 Å². The van der Waals surface area contributed by atoms with Crippen LogP contribution in [-0.2, 0) is 9.47 Å². The third-order valence-electron chi connectivity index (χ3n) is 6.71. The van der Waals surface area contributed by atoms with Crippen molar-refractivity contribution >= 4 is 22.8 Å². The normalized spacial score (nSPS) is 23.0. The number of aromatic amines is 2. The van der Waals surface area contributed by atoms with Crippen molar-refractivity contribution < 1.29 is 19.3 Å². The summed E-state index contributed by atoms with van der Waals surface area (Å²) in [5.41, 5.74) is 5.77. The number of halogens is 1. The van der Waals surface area contributed by atoms with Crippen molar-refractivity contribution in [3.05, 3.63) is 65.9 Å². The molecule has 2 aliphatic heterocycles. The number of aromatic nitrogens is 6. The first-order chi connectivity index (χ1) is 18.1. The van der Waals surface area contributed by atoms with E-state index in [1.54, 1.807) is 6.07 Å². The van der Waals surface area contributed by atoms with Gasteiger partial charge in [0.2, 0.25) is 0 Å². The van der Waals surface area contributed by atoms with Crippen LogP contribution in [0.3, 0.4) is 0 Å². The number of H-pyrrole nitrogens is 2. The molecule has 4 atom stereocenters. The maximum atomic E-state index is 9.94. The maximum absolute atomic E-state index is 9.94. The number of nitrogens with zero attached hydrogens (tertiary/aromatic N) is 4. The molecule has 2 aliphatic rings. The number of imidazole rings is 1. The van der Waals surface area contributed by atoms with Gasteiger partial charge in [-0.2, -0.15) is 10.1 Å². The Bertz CT molecular complexity index is 1560. The Morgan fingerprint density at radius 3 is 2.32 bits per heavy atom. The molecule has 0 bridgehead atoms. The number of ether oxygens (including phenoxy) is 3. The first-order valence-corrected chi connectivity index (χ1v) is 12.2. The molecule has 0 saturated carbocycles. The van der Waals surface area contributed by atoms with Gasteiger partial charge in [0.1, 0.15) is 24.6 Å². The lowest BCUT2D eigenvalue weighted by Crippen LogP contribution is -2.34. The van der Waals surface area contributed by atoms with Crippen LogP contribution in [0, 0.1) is 0 Å². The summed E-state index contributed by atoms with van der Waals surface area (Å²) in [6.07, 6.45) is -0.210. The number of nitrogens with one attached hydrogen (secondary N) is 2. The molecule has 0 aliphatic carbocycles. The van der Waals surface area contributed by atoms with E-state index in [1.165, 1.54) is 6.33 Å². The summed E-state index contributed by atoms with van der Waals surface area (Å²) in [5, 5.41) is 17.2. The Labute approximate surface area is 215 Å². The zero-order valence-corrected chi connectivity index (χ0v) is 20.1. The van der Waals surface area contributed by atoms with Crippen LogP contribution in [0.5, 0.6) is 6.01 Å². The third-order valence-corrected chi connectivity index (χ3v) is 7.00. The number of aliphatic hydroxyl groups is 1. The van der Waals surface area contributed by atoms with E-state index in [0.717, 1.165) is 28.1 Å². The average Bonchev–Trinajstić information content (AvgIpc) is 3.71. The molecular weight excluding hydrogens is 496 g/mol. The van der Waals surface area contributed by atoms with Gasteiger partial charge in [-0.25, -0.2) is 9.97 Å². The summed E-state index contributed by atoms with van der Waals surface area (Å²) in [7, 11) is 0. The zero-order chi connectivity index (χ0) is 24.9. The molecule has 0 spiro atoms. The number of fused-ring (bicyclic) bond motifs is 2. The highest BCUT2D eigenvalue weighted by Gasteiger charge is 2.48. The van der Waals surface area contributed by atoms with E-state index in [-0.39, 0.29) is 24.9 Å². The standard InChI is InChI=1S/C26H21ClN6O4/c27-17-9-18-25(32-26(30-18)37-20-11-36-22-19(34)10-35-23(20)22)31-21(17)15-5-1-13(2-6-15)14-3-7-16(8-4-14)24-28-12-29-33-24/h1-9,12,19-20,22-23,34H,10-11H2,(H,28,29,33)(H,30,31,32)/t19-,20-,22?,23?/m1/s1. The Morgan fingerprint density at radius 2 is 1.59 bits per heavy atom. The van der Waals surface area contributed by atoms with Gasteiger partial charge < -0.3 is 24.3 Å². The smallest absolute Gasteiger partial charge is 0.296 e. The Kier molecular flexibility index (Phi) is 5.40. The van der Waals surface area contributed by atoms with Crippen molar-refractivity contribution in [2.45, 2.75) is 24.4 Å². The molecule has 0 amide bonds. The molecule has 11 heteroatoms. The van der Waals surface area contributed by atoms with Crippen molar-refractivity contribution in [3.63, 3.8) is 0 Å². The van der Waals surface area contributed by atoms with Crippen molar-refractivity contribution in [2.24, 2.45) is 0 Å². The first kappa shape index (κ1) is 22.4. The van der Waals surface area contributed by atoms with Crippen molar-refractivity contribution in [1.82, 2.24) is 30.1 Å². The zero-order valence-electron chi connectivity index (χ0n) is 19.3. The average molecular weight is 517 g/mol. The molecular formula is C26H21ClN6O4. The van der Waals surface area contributed by atoms with Crippen LogP contribution < -0.4 is 4.74 Å². The monoisotopic (exact) mass is 516 g/mol. The minimum atomic E-state index is -0.637. The van der Waals surface area contributed by atoms with Crippen molar-refractivity contribution in [3.8, 4) is 39.8 Å². The van der Waals surface area contributed by atoms with Gasteiger partial charge in [-0.05, 0) is 17.2 Å².